The molecular formula is C15H13N3S. The van der Waals surface area contributed by atoms with Crippen molar-refractivity contribution in [2.45, 2.75) is 20.3 Å². The van der Waals surface area contributed by atoms with Crippen molar-refractivity contribution in [3.05, 3.63) is 46.6 Å². The zero-order valence-electron chi connectivity index (χ0n) is 10.8. The van der Waals surface area contributed by atoms with Gasteiger partial charge in [0, 0.05) is 16.6 Å². The third kappa shape index (κ3) is 2.02. The van der Waals surface area contributed by atoms with Crippen LogP contribution in [0.25, 0.3) is 16.2 Å². The maximum absolute atomic E-state index is 9.03. The van der Waals surface area contributed by atoms with E-state index in [-0.39, 0.29) is 0 Å². The summed E-state index contributed by atoms with van der Waals surface area (Å²) < 4.78 is 2.04. The average molecular weight is 267 g/mol. The van der Waals surface area contributed by atoms with Crippen LogP contribution in [-0.4, -0.2) is 9.38 Å². The number of rotatable bonds is 2. The molecule has 2 heterocycles. The summed E-state index contributed by atoms with van der Waals surface area (Å²) in [6.45, 7) is 4.12. The van der Waals surface area contributed by atoms with Crippen LogP contribution in [0.3, 0.4) is 0 Å². The molecule has 19 heavy (non-hydrogen) atoms. The summed E-state index contributed by atoms with van der Waals surface area (Å²) in [5.74, 6) is 0. The van der Waals surface area contributed by atoms with E-state index in [0.717, 1.165) is 21.9 Å². The number of imidazole rings is 1. The molecule has 0 atom stereocenters. The standard InChI is InChI=1S/C15H13N3S/c1-10-3-5-12(6-4-10)14-13(7-8-16)18-9-11(2)19-15(18)17-14/h3-6,9H,7H2,1-2H3. The molecule has 0 aliphatic heterocycles. The highest BCUT2D eigenvalue weighted by Crippen LogP contribution is 2.28. The molecule has 3 aromatic rings. The number of fused-ring (bicyclic) bond motifs is 1. The molecule has 0 spiro atoms. The average Bonchev–Trinajstić information content (AvgIpc) is 2.89. The summed E-state index contributed by atoms with van der Waals surface area (Å²) in [5, 5.41) is 9.03. The van der Waals surface area contributed by atoms with Crippen molar-refractivity contribution in [2.75, 3.05) is 0 Å². The number of nitrogens with zero attached hydrogens (tertiary/aromatic N) is 3. The van der Waals surface area contributed by atoms with Gasteiger partial charge in [0.25, 0.3) is 0 Å². The summed E-state index contributed by atoms with van der Waals surface area (Å²) in [5.41, 5.74) is 4.20. The first-order valence-electron chi connectivity index (χ1n) is 6.10. The highest BCUT2D eigenvalue weighted by atomic mass is 32.1. The normalized spacial score (nSPS) is 10.8. The molecule has 0 saturated heterocycles. The fraction of sp³-hybridized carbons (Fsp3) is 0.200. The maximum atomic E-state index is 9.03. The molecule has 3 nitrogen and oxygen atoms in total. The van der Waals surface area contributed by atoms with Gasteiger partial charge in [0.2, 0.25) is 0 Å². The molecule has 0 aliphatic carbocycles. The Morgan fingerprint density at radius 2 is 2.00 bits per heavy atom. The molecular weight excluding hydrogens is 254 g/mol. The molecule has 0 bridgehead atoms. The molecule has 0 unspecified atom stereocenters. The van der Waals surface area contributed by atoms with Crippen molar-refractivity contribution >= 4 is 16.3 Å². The smallest absolute Gasteiger partial charge is 0.194 e. The monoisotopic (exact) mass is 267 g/mol. The van der Waals surface area contributed by atoms with Gasteiger partial charge < -0.3 is 0 Å². The van der Waals surface area contributed by atoms with Crippen LogP contribution in [0.1, 0.15) is 16.1 Å². The highest BCUT2D eigenvalue weighted by molar-refractivity contribution is 7.17. The first-order valence-corrected chi connectivity index (χ1v) is 6.92. The molecule has 0 saturated carbocycles. The zero-order chi connectivity index (χ0) is 13.4. The zero-order valence-corrected chi connectivity index (χ0v) is 11.7. The fourth-order valence-electron chi connectivity index (χ4n) is 2.19. The second kappa shape index (κ2) is 4.52. The van der Waals surface area contributed by atoms with E-state index in [1.54, 1.807) is 11.3 Å². The molecule has 3 rings (SSSR count). The number of aryl methyl sites for hydroxylation is 2. The van der Waals surface area contributed by atoms with Crippen LogP contribution >= 0.6 is 11.3 Å². The molecule has 2 aromatic heterocycles. The van der Waals surface area contributed by atoms with Gasteiger partial charge in [0.1, 0.15) is 0 Å². The Bertz CT molecular complexity index is 772. The second-order valence-corrected chi connectivity index (χ2v) is 5.82. The number of thiazole rings is 1. The molecule has 4 heteroatoms. The van der Waals surface area contributed by atoms with Gasteiger partial charge in [-0.1, -0.05) is 29.8 Å². The van der Waals surface area contributed by atoms with Crippen molar-refractivity contribution < 1.29 is 0 Å². The predicted octanol–water partition coefficient (Wildman–Crippen LogP) is 3.75. The lowest BCUT2D eigenvalue weighted by atomic mass is 10.1. The van der Waals surface area contributed by atoms with Crippen LogP contribution in [0.2, 0.25) is 0 Å². The molecule has 0 aliphatic rings. The summed E-state index contributed by atoms with van der Waals surface area (Å²) >= 11 is 1.65. The minimum Gasteiger partial charge on any atom is -0.293 e. The molecule has 0 fully saturated rings. The van der Waals surface area contributed by atoms with Gasteiger partial charge in [-0.2, -0.15) is 5.26 Å². The van der Waals surface area contributed by atoms with Gasteiger partial charge in [-0.3, -0.25) is 4.40 Å². The lowest BCUT2D eigenvalue weighted by Crippen LogP contribution is -1.91. The number of aromatic nitrogens is 2. The van der Waals surface area contributed by atoms with Crippen molar-refractivity contribution in [1.82, 2.24) is 9.38 Å². The van der Waals surface area contributed by atoms with Crippen molar-refractivity contribution in [3.8, 4) is 17.3 Å². The quantitative estimate of drug-likeness (QED) is 0.709. The van der Waals surface area contributed by atoms with E-state index in [0.29, 0.717) is 6.42 Å². The third-order valence-electron chi connectivity index (χ3n) is 3.11. The van der Waals surface area contributed by atoms with Gasteiger partial charge in [0.05, 0.1) is 23.9 Å². The van der Waals surface area contributed by atoms with E-state index in [9.17, 15) is 0 Å². The molecule has 1 aromatic carbocycles. The van der Waals surface area contributed by atoms with Crippen molar-refractivity contribution in [1.29, 1.82) is 5.26 Å². The molecule has 0 radical (unpaired) electrons. The molecule has 94 valence electrons. The summed E-state index contributed by atoms with van der Waals surface area (Å²) in [6, 6.07) is 10.5. The Morgan fingerprint density at radius 1 is 1.26 bits per heavy atom. The van der Waals surface area contributed by atoms with Gasteiger partial charge in [-0.05, 0) is 13.8 Å². The lowest BCUT2D eigenvalue weighted by molar-refractivity contribution is 1.07. The van der Waals surface area contributed by atoms with Gasteiger partial charge >= 0.3 is 0 Å². The number of hydrogen-bond acceptors (Lipinski definition) is 3. The fourth-order valence-corrected chi connectivity index (χ4v) is 3.03. The summed E-state index contributed by atoms with van der Waals surface area (Å²) in [6.07, 6.45) is 2.43. The van der Waals surface area contributed by atoms with Gasteiger partial charge in [0.15, 0.2) is 4.96 Å². The third-order valence-corrected chi connectivity index (χ3v) is 4.01. The maximum Gasteiger partial charge on any atom is 0.194 e. The minimum absolute atomic E-state index is 0.376. The Balaban J connectivity index is 2.22. The topological polar surface area (TPSA) is 41.1 Å². The largest absolute Gasteiger partial charge is 0.293 e. The van der Waals surface area contributed by atoms with E-state index in [4.69, 9.17) is 5.26 Å². The highest BCUT2D eigenvalue weighted by Gasteiger charge is 2.15. The van der Waals surface area contributed by atoms with Crippen LogP contribution in [0.4, 0.5) is 0 Å². The Kier molecular flexibility index (Phi) is 2.84. The number of benzene rings is 1. The lowest BCUT2D eigenvalue weighted by Gasteiger charge is -2.01. The Labute approximate surface area is 115 Å². The van der Waals surface area contributed by atoms with Crippen LogP contribution in [0.15, 0.2) is 30.5 Å². The van der Waals surface area contributed by atoms with E-state index < -0.39 is 0 Å². The first-order chi connectivity index (χ1) is 9.19. The van der Waals surface area contributed by atoms with Crippen LogP contribution in [0, 0.1) is 25.2 Å². The van der Waals surface area contributed by atoms with E-state index in [1.807, 2.05) is 4.40 Å². The summed E-state index contributed by atoms with van der Waals surface area (Å²) in [4.78, 5) is 6.84. The minimum atomic E-state index is 0.376. The Morgan fingerprint density at radius 3 is 2.68 bits per heavy atom. The van der Waals surface area contributed by atoms with Crippen LogP contribution in [-0.2, 0) is 6.42 Å². The number of nitriles is 1. The predicted molar refractivity (Wildman–Crippen MR) is 77.3 cm³/mol. The van der Waals surface area contributed by atoms with E-state index in [1.165, 1.54) is 10.4 Å². The number of hydrogen-bond donors (Lipinski definition) is 0. The van der Waals surface area contributed by atoms with Crippen molar-refractivity contribution in [2.24, 2.45) is 0 Å². The van der Waals surface area contributed by atoms with E-state index >= 15 is 0 Å². The first kappa shape index (κ1) is 11.9. The second-order valence-electron chi connectivity index (χ2n) is 4.60. The van der Waals surface area contributed by atoms with Crippen LogP contribution < -0.4 is 0 Å². The van der Waals surface area contributed by atoms with E-state index in [2.05, 4.69) is 55.4 Å². The van der Waals surface area contributed by atoms with Crippen molar-refractivity contribution in [3.63, 3.8) is 0 Å². The van der Waals surface area contributed by atoms with Crippen LogP contribution in [0.5, 0.6) is 0 Å². The Hall–Kier alpha value is -2.12. The van der Waals surface area contributed by atoms with Gasteiger partial charge in [-0.15, -0.1) is 11.3 Å². The summed E-state index contributed by atoms with van der Waals surface area (Å²) in [7, 11) is 0. The van der Waals surface area contributed by atoms with Gasteiger partial charge in [-0.25, -0.2) is 4.98 Å². The molecule has 0 N–H and O–H groups in total. The SMILES string of the molecule is Cc1ccc(-c2nc3sc(C)cn3c2CC#N)cc1. The molecule has 0 amide bonds.